The highest BCUT2D eigenvalue weighted by Gasteiger charge is 2.20. The Bertz CT molecular complexity index is 381. The van der Waals surface area contributed by atoms with Crippen LogP contribution in [0.1, 0.15) is 51.0 Å². The Labute approximate surface area is 119 Å². The fraction of sp³-hybridized carbons (Fsp3) is 0.625. The molecule has 100 valence electrons. The molecule has 1 aromatic rings. The van der Waals surface area contributed by atoms with E-state index in [2.05, 4.69) is 53.3 Å². The summed E-state index contributed by atoms with van der Waals surface area (Å²) in [4.78, 5) is 0. The Morgan fingerprint density at radius 2 is 1.94 bits per heavy atom. The number of hydrogen-bond donors (Lipinski definition) is 1. The summed E-state index contributed by atoms with van der Waals surface area (Å²) >= 11 is 3.52. The number of benzene rings is 1. The fourth-order valence-corrected chi connectivity index (χ4v) is 3.49. The van der Waals surface area contributed by atoms with Gasteiger partial charge in [0.05, 0.1) is 0 Å². The molecule has 1 saturated carbocycles. The minimum absolute atomic E-state index is 0.679. The Balaban J connectivity index is 1.87. The van der Waals surface area contributed by atoms with Crippen molar-refractivity contribution in [2.75, 3.05) is 5.32 Å². The van der Waals surface area contributed by atoms with Crippen molar-refractivity contribution in [3.05, 3.63) is 28.2 Å². The molecule has 0 saturated heterocycles. The zero-order chi connectivity index (χ0) is 13.0. The molecule has 0 unspecified atom stereocenters. The van der Waals surface area contributed by atoms with Crippen LogP contribution in [0.2, 0.25) is 0 Å². The Morgan fingerprint density at radius 1 is 1.22 bits per heavy atom. The molecular weight excluding hydrogens is 286 g/mol. The largest absolute Gasteiger partial charge is 0.382 e. The second-order valence-corrected chi connectivity index (χ2v) is 6.53. The molecule has 1 nitrogen and oxygen atoms in total. The minimum atomic E-state index is 0.679. The molecule has 0 bridgehead atoms. The van der Waals surface area contributed by atoms with Gasteiger partial charge in [-0.1, -0.05) is 35.7 Å². The smallest absolute Gasteiger partial charge is 0.0372 e. The van der Waals surface area contributed by atoms with Crippen molar-refractivity contribution in [3.63, 3.8) is 0 Å². The molecule has 2 rings (SSSR count). The summed E-state index contributed by atoms with van der Waals surface area (Å²) in [6.07, 6.45) is 8.24. The molecule has 0 radical (unpaired) electrons. The maximum absolute atomic E-state index is 3.72. The van der Waals surface area contributed by atoms with Gasteiger partial charge in [0, 0.05) is 16.2 Å². The number of nitrogens with one attached hydrogen (secondary N) is 1. The van der Waals surface area contributed by atoms with Crippen LogP contribution in [0.25, 0.3) is 0 Å². The predicted octanol–water partition coefficient (Wildman–Crippen LogP) is 5.53. The van der Waals surface area contributed by atoms with Gasteiger partial charge >= 0.3 is 0 Å². The SMILES string of the molecule is CCCC1CCC(Nc2ccc(Br)cc2C)CC1. The molecule has 0 aromatic heterocycles. The lowest BCUT2D eigenvalue weighted by molar-refractivity contribution is 0.319. The first-order chi connectivity index (χ1) is 8.69. The molecule has 0 aliphatic heterocycles. The Kier molecular flexibility index (Phi) is 5.11. The monoisotopic (exact) mass is 309 g/mol. The number of hydrogen-bond acceptors (Lipinski definition) is 1. The van der Waals surface area contributed by atoms with E-state index in [0.717, 1.165) is 10.4 Å². The summed E-state index contributed by atoms with van der Waals surface area (Å²) in [7, 11) is 0. The molecule has 1 N–H and O–H groups in total. The number of rotatable bonds is 4. The summed E-state index contributed by atoms with van der Waals surface area (Å²) in [5.41, 5.74) is 2.64. The van der Waals surface area contributed by atoms with Crippen molar-refractivity contribution in [2.45, 2.75) is 58.4 Å². The van der Waals surface area contributed by atoms with E-state index in [1.54, 1.807) is 0 Å². The minimum Gasteiger partial charge on any atom is -0.382 e. The number of halogens is 1. The van der Waals surface area contributed by atoms with Crippen molar-refractivity contribution in [1.29, 1.82) is 0 Å². The van der Waals surface area contributed by atoms with Crippen LogP contribution >= 0.6 is 15.9 Å². The van der Waals surface area contributed by atoms with Crippen LogP contribution in [0.4, 0.5) is 5.69 Å². The second kappa shape index (κ2) is 6.60. The van der Waals surface area contributed by atoms with Crippen LogP contribution in [0, 0.1) is 12.8 Å². The van der Waals surface area contributed by atoms with E-state index in [4.69, 9.17) is 0 Å². The van der Waals surface area contributed by atoms with Crippen LogP contribution in [-0.2, 0) is 0 Å². The van der Waals surface area contributed by atoms with Gasteiger partial charge in [0.15, 0.2) is 0 Å². The zero-order valence-electron chi connectivity index (χ0n) is 11.5. The normalized spacial score (nSPS) is 23.9. The first-order valence-electron chi connectivity index (χ1n) is 7.21. The van der Waals surface area contributed by atoms with E-state index < -0.39 is 0 Å². The highest BCUT2D eigenvalue weighted by molar-refractivity contribution is 9.10. The van der Waals surface area contributed by atoms with E-state index in [-0.39, 0.29) is 0 Å². The maximum Gasteiger partial charge on any atom is 0.0372 e. The molecule has 18 heavy (non-hydrogen) atoms. The third-order valence-electron chi connectivity index (χ3n) is 4.09. The lowest BCUT2D eigenvalue weighted by atomic mass is 9.83. The lowest BCUT2D eigenvalue weighted by Crippen LogP contribution is -2.26. The van der Waals surface area contributed by atoms with Gasteiger partial charge in [-0.05, 0) is 62.3 Å². The van der Waals surface area contributed by atoms with Gasteiger partial charge < -0.3 is 5.32 Å². The first-order valence-corrected chi connectivity index (χ1v) is 8.01. The number of anilines is 1. The molecule has 1 aliphatic carbocycles. The zero-order valence-corrected chi connectivity index (χ0v) is 13.1. The molecular formula is C16H24BrN. The molecule has 1 aromatic carbocycles. The summed E-state index contributed by atoms with van der Waals surface area (Å²) in [6, 6.07) is 7.18. The fourth-order valence-electron chi connectivity index (χ4n) is 3.01. The van der Waals surface area contributed by atoms with E-state index in [1.807, 2.05) is 0 Å². The van der Waals surface area contributed by atoms with Gasteiger partial charge in [0.1, 0.15) is 0 Å². The molecule has 0 amide bonds. The topological polar surface area (TPSA) is 12.0 Å². The van der Waals surface area contributed by atoms with E-state index in [9.17, 15) is 0 Å². The highest BCUT2D eigenvalue weighted by atomic mass is 79.9. The standard InChI is InChI=1S/C16H24BrN/c1-3-4-13-5-8-15(9-6-13)18-16-10-7-14(17)11-12(16)2/h7,10-11,13,15,18H,3-6,8-9H2,1-2H3. The third kappa shape index (κ3) is 3.74. The van der Waals surface area contributed by atoms with Crippen molar-refractivity contribution >= 4 is 21.6 Å². The molecule has 2 heteroatoms. The summed E-state index contributed by atoms with van der Waals surface area (Å²) in [5, 5.41) is 3.72. The van der Waals surface area contributed by atoms with Gasteiger partial charge in [-0.15, -0.1) is 0 Å². The van der Waals surface area contributed by atoms with Gasteiger partial charge in [-0.2, -0.15) is 0 Å². The van der Waals surface area contributed by atoms with Crippen LogP contribution in [0.15, 0.2) is 22.7 Å². The van der Waals surface area contributed by atoms with Crippen molar-refractivity contribution in [2.24, 2.45) is 5.92 Å². The van der Waals surface area contributed by atoms with Crippen molar-refractivity contribution in [1.82, 2.24) is 0 Å². The molecule has 0 heterocycles. The van der Waals surface area contributed by atoms with Gasteiger partial charge in [-0.3, -0.25) is 0 Å². The molecule has 0 spiro atoms. The predicted molar refractivity (Wildman–Crippen MR) is 83.2 cm³/mol. The molecule has 1 fully saturated rings. The van der Waals surface area contributed by atoms with Crippen LogP contribution < -0.4 is 5.32 Å². The molecule has 0 atom stereocenters. The average Bonchev–Trinajstić information content (AvgIpc) is 2.35. The van der Waals surface area contributed by atoms with E-state index in [1.165, 1.54) is 49.8 Å². The van der Waals surface area contributed by atoms with Crippen molar-refractivity contribution in [3.8, 4) is 0 Å². The highest BCUT2D eigenvalue weighted by Crippen LogP contribution is 2.30. The van der Waals surface area contributed by atoms with Crippen LogP contribution in [0.5, 0.6) is 0 Å². The van der Waals surface area contributed by atoms with E-state index in [0.29, 0.717) is 6.04 Å². The van der Waals surface area contributed by atoms with Gasteiger partial charge in [-0.25, -0.2) is 0 Å². The van der Waals surface area contributed by atoms with Crippen molar-refractivity contribution < 1.29 is 0 Å². The maximum atomic E-state index is 3.72. The van der Waals surface area contributed by atoms with Crippen LogP contribution in [0.3, 0.4) is 0 Å². The Hall–Kier alpha value is -0.500. The summed E-state index contributed by atoms with van der Waals surface area (Å²) in [6.45, 7) is 4.48. The third-order valence-corrected chi connectivity index (χ3v) is 4.59. The summed E-state index contributed by atoms with van der Waals surface area (Å²) < 4.78 is 1.16. The van der Waals surface area contributed by atoms with Gasteiger partial charge in [0.25, 0.3) is 0 Å². The Morgan fingerprint density at radius 3 is 2.56 bits per heavy atom. The molecule has 1 aliphatic rings. The first kappa shape index (κ1) is 13.9. The second-order valence-electron chi connectivity index (χ2n) is 5.61. The van der Waals surface area contributed by atoms with Gasteiger partial charge in [0.2, 0.25) is 0 Å². The van der Waals surface area contributed by atoms with E-state index >= 15 is 0 Å². The number of aryl methyl sites for hydroxylation is 1. The summed E-state index contributed by atoms with van der Waals surface area (Å²) in [5.74, 6) is 0.985. The average molecular weight is 310 g/mol. The van der Waals surface area contributed by atoms with Crippen LogP contribution in [-0.4, -0.2) is 6.04 Å². The lowest BCUT2D eigenvalue weighted by Gasteiger charge is -2.30. The quantitative estimate of drug-likeness (QED) is 0.771.